The number of hydrogen-bond donors (Lipinski definition) is 2. The molecule has 0 radical (unpaired) electrons. The number of benzene rings is 1. The molecule has 2 unspecified atom stereocenters. The largest absolute Gasteiger partial charge is 0.506 e. The summed E-state index contributed by atoms with van der Waals surface area (Å²) < 4.78 is 5.84. The second-order valence-electron chi connectivity index (χ2n) is 4.32. The van der Waals surface area contributed by atoms with E-state index in [1.165, 1.54) is 6.42 Å². The highest BCUT2D eigenvalue weighted by molar-refractivity contribution is 9.10. The Morgan fingerprint density at radius 3 is 2.81 bits per heavy atom. The van der Waals surface area contributed by atoms with Crippen molar-refractivity contribution in [3.8, 4) is 11.5 Å². The molecule has 1 saturated carbocycles. The van der Waals surface area contributed by atoms with Crippen LogP contribution >= 0.6 is 15.9 Å². The van der Waals surface area contributed by atoms with E-state index >= 15 is 0 Å². The Hall–Kier alpha value is -0.740. The molecule has 0 aliphatic heterocycles. The third kappa shape index (κ3) is 2.50. The number of ether oxygens (including phenoxy) is 1. The summed E-state index contributed by atoms with van der Waals surface area (Å²) in [5.74, 6) is 1.81. The van der Waals surface area contributed by atoms with Crippen LogP contribution in [0.5, 0.6) is 11.5 Å². The molecule has 0 heterocycles. The van der Waals surface area contributed by atoms with E-state index < -0.39 is 0 Å². The fourth-order valence-corrected chi connectivity index (χ4v) is 2.21. The van der Waals surface area contributed by atoms with E-state index in [9.17, 15) is 5.11 Å². The van der Waals surface area contributed by atoms with Gasteiger partial charge in [0, 0.05) is 18.2 Å². The standard InChI is InChI=1S/C12H16BrNO2/c1-7-3-11(7)14-6-8-4-9(16-2)5-10(13)12(8)15/h4-5,7,11,14-15H,3,6H2,1-2H3. The molecular formula is C12H16BrNO2. The van der Waals surface area contributed by atoms with Crippen LogP contribution in [0.15, 0.2) is 16.6 Å². The van der Waals surface area contributed by atoms with Gasteiger partial charge in [-0.1, -0.05) is 6.92 Å². The van der Waals surface area contributed by atoms with Crippen molar-refractivity contribution in [3.63, 3.8) is 0 Å². The number of phenolic OH excluding ortho intramolecular Hbond substituents is 1. The van der Waals surface area contributed by atoms with Crippen molar-refractivity contribution >= 4 is 15.9 Å². The molecule has 0 bridgehead atoms. The average molecular weight is 286 g/mol. The van der Waals surface area contributed by atoms with E-state index in [1.54, 1.807) is 13.2 Å². The molecule has 16 heavy (non-hydrogen) atoms. The molecule has 0 spiro atoms. The number of halogens is 1. The minimum absolute atomic E-state index is 0.293. The summed E-state index contributed by atoms with van der Waals surface area (Å²) in [5, 5.41) is 13.3. The highest BCUT2D eigenvalue weighted by atomic mass is 79.9. The molecule has 1 aliphatic carbocycles. The summed E-state index contributed by atoms with van der Waals surface area (Å²) in [6.45, 7) is 2.90. The third-order valence-electron chi connectivity index (χ3n) is 3.02. The van der Waals surface area contributed by atoms with Gasteiger partial charge in [-0.05, 0) is 40.4 Å². The van der Waals surface area contributed by atoms with Gasteiger partial charge in [0.15, 0.2) is 0 Å². The van der Waals surface area contributed by atoms with Crippen LogP contribution in [0.4, 0.5) is 0 Å². The van der Waals surface area contributed by atoms with Crippen LogP contribution in [-0.4, -0.2) is 18.3 Å². The molecule has 2 rings (SSSR count). The maximum atomic E-state index is 9.87. The summed E-state index contributed by atoms with van der Waals surface area (Å²) >= 11 is 3.31. The second kappa shape index (κ2) is 4.63. The van der Waals surface area contributed by atoms with Gasteiger partial charge in [-0.15, -0.1) is 0 Å². The Morgan fingerprint density at radius 2 is 2.25 bits per heavy atom. The molecule has 1 aromatic rings. The summed E-state index contributed by atoms with van der Waals surface area (Å²) in [6, 6.07) is 4.23. The van der Waals surface area contributed by atoms with Gasteiger partial charge in [-0.25, -0.2) is 0 Å². The van der Waals surface area contributed by atoms with Gasteiger partial charge < -0.3 is 15.2 Å². The zero-order valence-electron chi connectivity index (χ0n) is 9.46. The third-order valence-corrected chi connectivity index (χ3v) is 3.62. The summed E-state index contributed by atoms with van der Waals surface area (Å²) in [7, 11) is 1.62. The van der Waals surface area contributed by atoms with Crippen LogP contribution in [0.2, 0.25) is 0 Å². The predicted octanol–water partition coefficient (Wildman–Crippen LogP) is 2.66. The SMILES string of the molecule is COc1cc(Br)c(O)c(CNC2CC2C)c1. The first-order chi connectivity index (χ1) is 7.61. The maximum absolute atomic E-state index is 9.87. The van der Waals surface area contributed by atoms with Crippen molar-refractivity contribution in [3.05, 3.63) is 22.2 Å². The summed E-state index contributed by atoms with van der Waals surface area (Å²) in [4.78, 5) is 0. The van der Waals surface area contributed by atoms with Gasteiger partial charge in [-0.2, -0.15) is 0 Å². The average Bonchev–Trinajstić information content (AvgIpc) is 2.96. The lowest BCUT2D eigenvalue weighted by atomic mass is 10.2. The van der Waals surface area contributed by atoms with Gasteiger partial charge in [0.05, 0.1) is 11.6 Å². The molecule has 0 amide bonds. The normalized spacial score (nSPS) is 23.2. The van der Waals surface area contributed by atoms with Crippen LogP contribution in [-0.2, 0) is 6.54 Å². The van der Waals surface area contributed by atoms with Crippen molar-refractivity contribution in [2.75, 3.05) is 7.11 Å². The summed E-state index contributed by atoms with van der Waals surface area (Å²) in [6.07, 6.45) is 1.23. The molecule has 1 aliphatic rings. The van der Waals surface area contributed by atoms with E-state index in [0.29, 0.717) is 22.8 Å². The molecule has 2 atom stereocenters. The number of hydrogen-bond acceptors (Lipinski definition) is 3. The molecule has 4 heteroatoms. The highest BCUT2D eigenvalue weighted by Gasteiger charge is 2.31. The summed E-state index contributed by atoms with van der Waals surface area (Å²) in [5.41, 5.74) is 0.866. The van der Waals surface area contributed by atoms with Crippen molar-refractivity contribution < 1.29 is 9.84 Å². The highest BCUT2D eigenvalue weighted by Crippen LogP contribution is 2.34. The van der Waals surface area contributed by atoms with Crippen LogP contribution in [0, 0.1) is 5.92 Å². The zero-order chi connectivity index (χ0) is 11.7. The van der Waals surface area contributed by atoms with E-state index in [-0.39, 0.29) is 0 Å². The lowest BCUT2D eigenvalue weighted by molar-refractivity contribution is 0.409. The molecule has 0 saturated heterocycles. The van der Waals surface area contributed by atoms with Gasteiger partial charge in [0.2, 0.25) is 0 Å². The molecule has 1 fully saturated rings. The lowest BCUT2D eigenvalue weighted by Gasteiger charge is -2.10. The second-order valence-corrected chi connectivity index (χ2v) is 5.17. The minimum Gasteiger partial charge on any atom is -0.506 e. The van der Waals surface area contributed by atoms with Crippen LogP contribution < -0.4 is 10.1 Å². The van der Waals surface area contributed by atoms with Crippen LogP contribution in [0.25, 0.3) is 0 Å². The van der Waals surface area contributed by atoms with E-state index in [2.05, 4.69) is 28.2 Å². The Bertz CT molecular complexity index is 395. The Morgan fingerprint density at radius 1 is 1.56 bits per heavy atom. The number of methoxy groups -OCH3 is 1. The molecule has 0 aromatic heterocycles. The van der Waals surface area contributed by atoms with Crippen LogP contribution in [0.1, 0.15) is 18.9 Å². The Kier molecular flexibility index (Phi) is 3.40. The Balaban J connectivity index is 2.09. The van der Waals surface area contributed by atoms with Gasteiger partial charge in [0.25, 0.3) is 0 Å². The Labute approximate surface area is 104 Å². The van der Waals surface area contributed by atoms with E-state index in [1.807, 2.05) is 6.07 Å². The van der Waals surface area contributed by atoms with Gasteiger partial charge >= 0.3 is 0 Å². The molecule has 3 nitrogen and oxygen atoms in total. The number of rotatable bonds is 4. The minimum atomic E-state index is 0.293. The maximum Gasteiger partial charge on any atom is 0.134 e. The zero-order valence-corrected chi connectivity index (χ0v) is 11.0. The molecule has 2 N–H and O–H groups in total. The smallest absolute Gasteiger partial charge is 0.134 e. The van der Waals surface area contributed by atoms with Crippen molar-refractivity contribution in [1.82, 2.24) is 5.32 Å². The lowest BCUT2D eigenvalue weighted by Crippen LogP contribution is -2.17. The first-order valence-electron chi connectivity index (χ1n) is 5.40. The fourth-order valence-electron chi connectivity index (χ4n) is 1.73. The molecule has 1 aromatic carbocycles. The van der Waals surface area contributed by atoms with E-state index in [4.69, 9.17) is 4.74 Å². The van der Waals surface area contributed by atoms with Crippen molar-refractivity contribution in [1.29, 1.82) is 0 Å². The molecular weight excluding hydrogens is 270 g/mol. The van der Waals surface area contributed by atoms with Crippen molar-refractivity contribution in [2.45, 2.75) is 25.9 Å². The monoisotopic (exact) mass is 285 g/mol. The first kappa shape index (κ1) is 11.7. The predicted molar refractivity (Wildman–Crippen MR) is 66.8 cm³/mol. The van der Waals surface area contributed by atoms with Gasteiger partial charge in [0.1, 0.15) is 11.5 Å². The first-order valence-corrected chi connectivity index (χ1v) is 6.20. The van der Waals surface area contributed by atoms with Crippen LogP contribution in [0.3, 0.4) is 0 Å². The van der Waals surface area contributed by atoms with Crippen molar-refractivity contribution in [2.24, 2.45) is 5.92 Å². The quantitative estimate of drug-likeness (QED) is 0.894. The number of nitrogens with one attached hydrogen (secondary N) is 1. The fraction of sp³-hybridized carbons (Fsp3) is 0.500. The number of phenols is 1. The molecule has 88 valence electrons. The van der Waals surface area contributed by atoms with Gasteiger partial charge in [-0.3, -0.25) is 0 Å². The van der Waals surface area contributed by atoms with E-state index in [0.717, 1.165) is 17.2 Å². The number of aromatic hydroxyl groups is 1. The topological polar surface area (TPSA) is 41.5 Å².